The first-order chi connectivity index (χ1) is 15.5. The molecule has 1 aliphatic heterocycles. The third-order valence-electron chi connectivity index (χ3n) is 5.27. The fourth-order valence-electron chi connectivity index (χ4n) is 3.84. The first-order valence-electron chi connectivity index (χ1n) is 9.89. The number of nitrogens with zero attached hydrogens (tertiary/aromatic N) is 3. The first-order valence-corrected chi connectivity index (χ1v) is 10.7. The average Bonchev–Trinajstić information content (AvgIpc) is 3.40. The van der Waals surface area contributed by atoms with Gasteiger partial charge in [0.15, 0.2) is 11.6 Å². The Balaban J connectivity index is 1.57. The van der Waals surface area contributed by atoms with Crippen LogP contribution in [0.15, 0.2) is 24.4 Å². The fourth-order valence-corrected chi connectivity index (χ4v) is 4.95. The number of alkyl carbamates (subject to hydrolysis) is 1. The lowest BCUT2D eigenvalue weighted by atomic mass is 10.1. The second-order valence-corrected chi connectivity index (χ2v) is 8.44. The number of carbonyl (C=O) groups excluding carboxylic acids is 1. The zero-order valence-electron chi connectivity index (χ0n) is 17.6. The number of hydrogen-bond acceptors (Lipinski definition) is 8. The van der Waals surface area contributed by atoms with Gasteiger partial charge in [-0.3, -0.25) is 0 Å². The summed E-state index contributed by atoms with van der Waals surface area (Å²) in [6.45, 7) is 2.19. The first kappa shape index (κ1) is 20.4. The Morgan fingerprint density at radius 2 is 2.12 bits per heavy atom. The molecule has 0 fully saturated rings. The van der Waals surface area contributed by atoms with Gasteiger partial charge in [-0.15, -0.1) is 11.3 Å². The Labute approximate surface area is 186 Å². The number of nitrogens with one attached hydrogen (secondary N) is 1. The Morgan fingerprint density at radius 1 is 1.28 bits per heavy atom. The van der Waals surface area contributed by atoms with Crippen LogP contribution in [0.25, 0.3) is 31.8 Å². The van der Waals surface area contributed by atoms with E-state index in [0.29, 0.717) is 28.9 Å². The van der Waals surface area contributed by atoms with Crippen molar-refractivity contribution in [1.29, 1.82) is 0 Å². The Hall–Kier alpha value is -3.53. The van der Waals surface area contributed by atoms with Crippen LogP contribution in [0.2, 0.25) is 0 Å². The summed E-state index contributed by atoms with van der Waals surface area (Å²) < 4.78 is 31.2. The van der Waals surface area contributed by atoms with Crippen molar-refractivity contribution in [2.24, 2.45) is 0 Å². The predicted octanol–water partition coefficient (Wildman–Crippen LogP) is 4.02. The van der Waals surface area contributed by atoms with Gasteiger partial charge in [0.25, 0.3) is 0 Å². The highest BCUT2D eigenvalue weighted by molar-refractivity contribution is 7.22. The van der Waals surface area contributed by atoms with Crippen molar-refractivity contribution in [3.05, 3.63) is 41.3 Å². The summed E-state index contributed by atoms with van der Waals surface area (Å²) in [5.41, 5.74) is 4.54. The highest BCUT2D eigenvalue weighted by Gasteiger charge is 2.30. The highest BCUT2D eigenvalue weighted by atomic mass is 32.1. The lowest BCUT2D eigenvalue weighted by Crippen LogP contribution is -2.34. The SMILES string of the molecule is COC(=O)NC[C@H]1Cc2c(c(F)cc3nc(-c4cc(C)cc5nc(OC)cnc45)sc23)O1. The van der Waals surface area contributed by atoms with Crippen molar-refractivity contribution in [1.82, 2.24) is 20.3 Å². The minimum absolute atomic E-state index is 0.211. The molecule has 1 amide bonds. The zero-order valence-corrected chi connectivity index (χ0v) is 18.4. The van der Waals surface area contributed by atoms with E-state index in [9.17, 15) is 9.18 Å². The van der Waals surface area contributed by atoms with E-state index in [4.69, 9.17) is 14.5 Å². The number of thiazole rings is 1. The van der Waals surface area contributed by atoms with Crippen LogP contribution in [-0.2, 0) is 11.2 Å². The number of amides is 1. The number of hydrogen-bond donors (Lipinski definition) is 1. The maximum Gasteiger partial charge on any atom is 0.406 e. The molecule has 0 spiro atoms. The predicted molar refractivity (Wildman–Crippen MR) is 118 cm³/mol. The van der Waals surface area contributed by atoms with Gasteiger partial charge in [0.2, 0.25) is 5.88 Å². The molecule has 0 saturated heterocycles. The molecule has 0 saturated carbocycles. The van der Waals surface area contributed by atoms with Crippen LogP contribution < -0.4 is 14.8 Å². The summed E-state index contributed by atoms with van der Waals surface area (Å²) in [6.07, 6.45) is 1.09. The van der Waals surface area contributed by atoms with E-state index in [-0.39, 0.29) is 18.4 Å². The summed E-state index contributed by atoms with van der Waals surface area (Å²) in [6, 6.07) is 5.32. The van der Waals surface area contributed by atoms with Crippen LogP contribution in [0.1, 0.15) is 11.1 Å². The van der Waals surface area contributed by atoms with Crippen molar-refractivity contribution < 1.29 is 23.4 Å². The van der Waals surface area contributed by atoms with Gasteiger partial charge in [0.1, 0.15) is 11.1 Å². The smallest absolute Gasteiger partial charge is 0.406 e. The van der Waals surface area contributed by atoms with Gasteiger partial charge in [-0.25, -0.2) is 24.1 Å². The number of fused-ring (bicyclic) bond motifs is 4. The zero-order chi connectivity index (χ0) is 22.4. The van der Waals surface area contributed by atoms with Gasteiger partial charge in [-0.05, 0) is 24.6 Å². The Morgan fingerprint density at radius 3 is 2.91 bits per heavy atom. The number of aryl methyl sites for hydroxylation is 1. The third-order valence-corrected chi connectivity index (χ3v) is 6.43. The minimum Gasteiger partial charge on any atom is -0.485 e. The van der Waals surface area contributed by atoms with E-state index in [1.165, 1.54) is 24.5 Å². The van der Waals surface area contributed by atoms with Crippen molar-refractivity contribution in [2.45, 2.75) is 19.4 Å². The standard InChI is InChI=1S/C22H19FN4O4S/c1-10-4-12(18-15(5-10)26-17(29-2)9-24-18)21-27-16-7-14(23)19-13(20(16)32-21)6-11(31-19)8-25-22(28)30-3/h4-5,7,9,11H,6,8H2,1-3H3,(H,25,28)/t11-/m1/s1. The lowest BCUT2D eigenvalue weighted by molar-refractivity contribution is 0.160. The van der Waals surface area contributed by atoms with Gasteiger partial charge in [-0.1, -0.05) is 0 Å². The lowest BCUT2D eigenvalue weighted by Gasteiger charge is -2.10. The maximum atomic E-state index is 14.8. The van der Waals surface area contributed by atoms with Crippen molar-refractivity contribution in [2.75, 3.05) is 20.8 Å². The van der Waals surface area contributed by atoms with E-state index in [1.807, 2.05) is 19.1 Å². The van der Waals surface area contributed by atoms with E-state index in [2.05, 4.69) is 20.0 Å². The molecule has 4 aromatic rings. The fraction of sp³-hybridized carbons (Fsp3) is 0.273. The van der Waals surface area contributed by atoms with Crippen molar-refractivity contribution in [3.8, 4) is 22.2 Å². The Kier molecular flexibility index (Phi) is 5.01. The van der Waals surface area contributed by atoms with E-state index in [0.717, 1.165) is 26.4 Å². The second-order valence-electron chi connectivity index (χ2n) is 7.44. The minimum atomic E-state index is -0.556. The molecule has 1 aliphatic rings. The van der Waals surface area contributed by atoms with Gasteiger partial charge >= 0.3 is 6.09 Å². The van der Waals surface area contributed by atoms with Crippen molar-refractivity contribution >= 4 is 38.7 Å². The maximum absolute atomic E-state index is 14.8. The summed E-state index contributed by atoms with van der Waals surface area (Å²) in [7, 11) is 2.84. The molecule has 10 heteroatoms. The van der Waals surface area contributed by atoms with Crippen LogP contribution in [0.3, 0.4) is 0 Å². The normalized spacial score (nSPS) is 14.9. The van der Waals surface area contributed by atoms with Crippen LogP contribution in [0.4, 0.5) is 9.18 Å². The number of aromatic nitrogens is 3. The van der Waals surface area contributed by atoms with Crippen molar-refractivity contribution in [3.63, 3.8) is 0 Å². The summed E-state index contributed by atoms with van der Waals surface area (Å²) in [5, 5.41) is 3.32. The molecule has 0 aliphatic carbocycles. The third kappa shape index (κ3) is 3.46. The van der Waals surface area contributed by atoms with E-state index < -0.39 is 11.9 Å². The molecule has 1 atom stereocenters. The van der Waals surface area contributed by atoms with Gasteiger partial charge in [0.05, 0.1) is 48.2 Å². The van der Waals surface area contributed by atoms with Crippen LogP contribution in [-0.4, -0.2) is 47.9 Å². The number of benzene rings is 2. The van der Waals surface area contributed by atoms with E-state index >= 15 is 0 Å². The summed E-state index contributed by atoms with van der Waals surface area (Å²) in [5.74, 6) is 0.175. The molecular formula is C22H19FN4O4S. The van der Waals surface area contributed by atoms with Gasteiger partial charge < -0.3 is 19.5 Å². The average molecular weight is 454 g/mol. The highest BCUT2D eigenvalue weighted by Crippen LogP contribution is 2.43. The molecule has 2 aromatic carbocycles. The molecule has 0 bridgehead atoms. The van der Waals surface area contributed by atoms with Gasteiger partial charge in [0, 0.05) is 23.6 Å². The number of rotatable bonds is 4. The number of carbonyl (C=O) groups is 1. The molecule has 164 valence electrons. The van der Waals surface area contributed by atoms with Crippen LogP contribution >= 0.6 is 11.3 Å². The molecule has 2 aromatic heterocycles. The molecule has 3 heterocycles. The molecule has 0 unspecified atom stereocenters. The quantitative estimate of drug-likeness (QED) is 0.498. The Bertz CT molecular complexity index is 1370. The number of halogens is 1. The summed E-state index contributed by atoms with van der Waals surface area (Å²) in [4.78, 5) is 25.1. The van der Waals surface area contributed by atoms with Gasteiger partial charge in [-0.2, -0.15) is 0 Å². The van der Waals surface area contributed by atoms with E-state index in [1.54, 1.807) is 13.3 Å². The molecule has 1 N–H and O–H groups in total. The molecule has 8 nitrogen and oxygen atoms in total. The topological polar surface area (TPSA) is 95.5 Å². The number of methoxy groups -OCH3 is 2. The van der Waals surface area contributed by atoms with Crippen LogP contribution in [0, 0.1) is 12.7 Å². The molecule has 5 rings (SSSR count). The molecule has 32 heavy (non-hydrogen) atoms. The second kappa shape index (κ2) is 7.86. The molecule has 0 radical (unpaired) electrons. The van der Waals surface area contributed by atoms with Crippen LogP contribution in [0.5, 0.6) is 11.6 Å². The largest absolute Gasteiger partial charge is 0.485 e. The number of ether oxygens (including phenoxy) is 3. The molecular weight excluding hydrogens is 435 g/mol. The summed E-state index contributed by atoms with van der Waals surface area (Å²) >= 11 is 1.46. The monoisotopic (exact) mass is 454 g/mol.